The van der Waals surface area contributed by atoms with Gasteiger partial charge < -0.3 is 14.9 Å². The number of likely N-dealkylation sites (N-methyl/N-ethyl adjacent to an activating group) is 1. The van der Waals surface area contributed by atoms with Gasteiger partial charge in [-0.15, -0.1) is 0 Å². The highest BCUT2D eigenvalue weighted by atomic mass is 19.1. The Hall–Kier alpha value is -3.23. The van der Waals surface area contributed by atoms with Crippen LogP contribution >= 0.6 is 0 Å². The van der Waals surface area contributed by atoms with Crippen LogP contribution in [0.4, 0.5) is 15.0 Å². The normalized spacial score (nSPS) is 19.3. The molecule has 1 saturated heterocycles. The number of anilines is 1. The summed E-state index contributed by atoms with van der Waals surface area (Å²) in [6.45, 7) is 9.50. The fourth-order valence-electron chi connectivity index (χ4n) is 4.88. The van der Waals surface area contributed by atoms with Crippen LogP contribution in [-0.4, -0.2) is 60.6 Å². The van der Waals surface area contributed by atoms with E-state index < -0.39 is 6.09 Å². The van der Waals surface area contributed by atoms with Gasteiger partial charge in [-0.25, -0.2) is 24.1 Å². The van der Waals surface area contributed by atoms with Gasteiger partial charge in [0.05, 0.1) is 18.3 Å². The van der Waals surface area contributed by atoms with Crippen LogP contribution in [0.2, 0.25) is 0 Å². The van der Waals surface area contributed by atoms with Gasteiger partial charge in [-0.3, -0.25) is 4.40 Å². The molecule has 0 spiro atoms. The third-order valence-corrected chi connectivity index (χ3v) is 6.11. The number of rotatable bonds is 4. The van der Waals surface area contributed by atoms with Crippen LogP contribution in [0.25, 0.3) is 17.2 Å². The van der Waals surface area contributed by atoms with Gasteiger partial charge in [0.1, 0.15) is 23.0 Å². The summed E-state index contributed by atoms with van der Waals surface area (Å²) in [7, 11) is 0. The predicted molar refractivity (Wildman–Crippen MR) is 120 cm³/mol. The smallest absolute Gasteiger partial charge is 0.407 e. The quantitative estimate of drug-likeness (QED) is 0.650. The molecule has 3 aromatic rings. The van der Waals surface area contributed by atoms with Gasteiger partial charge >= 0.3 is 6.09 Å². The van der Waals surface area contributed by atoms with Gasteiger partial charge in [-0.2, -0.15) is 0 Å². The van der Waals surface area contributed by atoms with E-state index in [1.165, 1.54) is 12.3 Å². The number of hydrogen-bond donors (Lipinski definition) is 1. The second-order valence-corrected chi connectivity index (χ2v) is 9.24. The number of fused-ring (bicyclic) bond motifs is 1. The van der Waals surface area contributed by atoms with Crippen molar-refractivity contribution in [3.63, 3.8) is 0 Å². The molecule has 0 saturated carbocycles. The lowest BCUT2D eigenvalue weighted by atomic mass is 9.77. The van der Waals surface area contributed by atoms with E-state index in [1.807, 2.05) is 13.0 Å². The number of piperidine rings is 1. The van der Waals surface area contributed by atoms with E-state index in [0.717, 1.165) is 18.7 Å². The van der Waals surface area contributed by atoms with Crippen molar-refractivity contribution in [3.05, 3.63) is 42.6 Å². The first-order chi connectivity index (χ1) is 15.2. The third-order valence-electron chi connectivity index (χ3n) is 6.11. The number of carboxylic acid groups (broad SMARTS) is 1. The summed E-state index contributed by atoms with van der Waals surface area (Å²) in [5, 5.41) is 9.85. The molecule has 0 bridgehead atoms. The van der Waals surface area contributed by atoms with Gasteiger partial charge in [0.2, 0.25) is 0 Å². The zero-order valence-electron chi connectivity index (χ0n) is 18.9. The molecule has 0 aliphatic carbocycles. The number of imidazole rings is 1. The molecule has 1 N–H and O–H groups in total. The molecule has 1 fully saturated rings. The molecule has 4 heterocycles. The van der Waals surface area contributed by atoms with Crippen molar-refractivity contribution in [2.45, 2.75) is 52.6 Å². The molecule has 8 nitrogen and oxygen atoms in total. The fraction of sp³-hybridized carbons (Fsp3) is 0.478. The van der Waals surface area contributed by atoms with Crippen molar-refractivity contribution in [1.29, 1.82) is 0 Å². The Bertz CT molecular complexity index is 1130. The van der Waals surface area contributed by atoms with Gasteiger partial charge in [0.15, 0.2) is 5.82 Å². The summed E-state index contributed by atoms with van der Waals surface area (Å²) < 4.78 is 15.5. The first kappa shape index (κ1) is 22.0. The molecule has 9 heteroatoms. The standard InChI is InChI=1S/C23H29FN6O2/c1-5-28(16-7-6-12-29(22(31)32)20(16)23(2,3)4)19-10-11-25-21(27-19)17-13-26-18-9-8-15(24)14-30(17)18/h8-11,13-14,16,20H,5-7,12H2,1-4H3,(H,31,32). The van der Waals surface area contributed by atoms with Crippen LogP contribution in [0.3, 0.4) is 0 Å². The molecule has 1 aliphatic rings. The summed E-state index contributed by atoms with van der Waals surface area (Å²) in [4.78, 5) is 29.3. The summed E-state index contributed by atoms with van der Waals surface area (Å²) >= 11 is 0. The first-order valence-electron chi connectivity index (χ1n) is 10.9. The Morgan fingerprint density at radius 3 is 2.75 bits per heavy atom. The molecule has 170 valence electrons. The molecule has 4 rings (SSSR count). The van der Waals surface area contributed by atoms with Crippen LogP contribution in [-0.2, 0) is 0 Å². The van der Waals surface area contributed by atoms with Gasteiger partial charge in [-0.05, 0) is 43.4 Å². The SMILES string of the molecule is CCN(c1ccnc(-c2cnc3ccc(F)cn23)n1)C1CCCN(C(=O)O)C1C(C)(C)C. The Kier molecular flexibility index (Phi) is 5.75. The van der Waals surface area contributed by atoms with E-state index >= 15 is 0 Å². The molecule has 1 amide bonds. The summed E-state index contributed by atoms with van der Waals surface area (Å²) in [6, 6.07) is 4.61. The second-order valence-electron chi connectivity index (χ2n) is 9.24. The summed E-state index contributed by atoms with van der Waals surface area (Å²) in [6.07, 6.45) is 5.47. The Labute approximate surface area is 186 Å². The maximum absolute atomic E-state index is 13.8. The number of halogens is 1. The molecule has 2 unspecified atom stereocenters. The lowest BCUT2D eigenvalue weighted by molar-refractivity contribution is 0.0451. The fourth-order valence-corrected chi connectivity index (χ4v) is 4.88. The lowest BCUT2D eigenvalue weighted by Crippen LogP contribution is -2.62. The Balaban J connectivity index is 1.74. The highest BCUT2D eigenvalue weighted by molar-refractivity contribution is 5.66. The van der Waals surface area contributed by atoms with E-state index in [1.54, 1.807) is 27.8 Å². The zero-order valence-corrected chi connectivity index (χ0v) is 18.9. The number of pyridine rings is 1. The lowest BCUT2D eigenvalue weighted by Gasteiger charge is -2.50. The Morgan fingerprint density at radius 1 is 1.28 bits per heavy atom. The minimum Gasteiger partial charge on any atom is -0.465 e. The van der Waals surface area contributed by atoms with Crippen LogP contribution in [0.1, 0.15) is 40.5 Å². The molecule has 0 radical (unpaired) electrons. The Morgan fingerprint density at radius 2 is 2.06 bits per heavy atom. The van der Waals surface area contributed by atoms with Crippen molar-refractivity contribution in [2.75, 3.05) is 18.0 Å². The zero-order chi connectivity index (χ0) is 23.0. The number of likely N-dealkylation sites (tertiary alicyclic amines) is 1. The van der Waals surface area contributed by atoms with E-state index in [2.05, 4.69) is 35.6 Å². The van der Waals surface area contributed by atoms with Gasteiger partial charge in [-0.1, -0.05) is 20.8 Å². The van der Waals surface area contributed by atoms with E-state index in [0.29, 0.717) is 30.3 Å². The largest absolute Gasteiger partial charge is 0.465 e. The van der Waals surface area contributed by atoms with E-state index in [9.17, 15) is 14.3 Å². The molecule has 32 heavy (non-hydrogen) atoms. The third kappa shape index (κ3) is 3.99. The highest BCUT2D eigenvalue weighted by Gasteiger charge is 2.44. The molecule has 1 aliphatic heterocycles. The number of aromatic nitrogens is 4. The molecular weight excluding hydrogens is 411 g/mol. The topological polar surface area (TPSA) is 86.9 Å². The number of carbonyl (C=O) groups is 1. The van der Waals surface area contributed by atoms with Gasteiger partial charge in [0.25, 0.3) is 0 Å². The van der Waals surface area contributed by atoms with Crippen molar-refractivity contribution in [3.8, 4) is 11.5 Å². The van der Waals surface area contributed by atoms with Crippen molar-refractivity contribution < 1.29 is 14.3 Å². The molecule has 3 aromatic heterocycles. The van der Waals surface area contributed by atoms with Crippen LogP contribution in [0.15, 0.2) is 36.8 Å². The average Bonchev–Trinajstić information content (AvgIpc) is 3.16. The molecular formula is C23H29FN6O2. The van der Waals surface area contributed by atoms with Crippen LogP contribution in [0.5, 0.6) is 0 Å². The van der Waals surface area contributed by atoms with Gasteiger partial charge in [0, 0.05) is 25.5 Å². The van der Waals surface area contributed by atoms with E-state index in [4.69, 9.17) is 4.98 Å². The highest BCUT2D eigenvalue weighted by Crippen LogP contribution is 2.36. The first-order valence-corrected chi connectivity index (χ1v) is 10.9. The molecule has 2 atom stereocenters. The minimum atomic E-state index is -0.887. The second kappa shape index (κ2) is 8.37. The number of nitrogens with zero attached hydrogens (tertiary/aromatic N) is 6. The minimum absolute atomic E-state index is 0.0211. The maximum Gasteiger partial charge on any atom is 0.407 e. The van der Waals surface area contributed by atoms with Crippen LogP contribution < -0.4 is 4.90 Å². The predicted octanol–water partition coefficient (Wildman–Crippen LogP) is 4.31. The summed E-state index contributed by atoms with van der Waals surface area (Å²) in [5.41, 5.74) is 0.965. The van der Waals surface area contributed by atoms with Crippen molar-refractivity contribution in [1.82, 2.24) is 24.3 Å². The number of hydrogen-bond acceptors (Lipinski definition) is 5. The average molecular weight is 441 g/mol. The van der Waals surface area contributed by atoms with E-state index in [-0.39, 0.29) is 23.3 Å². The maximum atomic E-state index is 13.8. The monoisotopic (exact) mass is 440 g/mol. The van der Waals surface area contributed by atoms with Crippen molar-refractivity contribution in [2.24, 2.45) is 5.41 Å². The number of amides is 1. The summed E-state index contributed by atoms with van der Waals surface area (Å²) in [5.74, 6) is 0.791. The van der Waals surface area contributed by atoms with Crippen molar-refractivity contribution >= 4 is 17.6 Å². The van der Waals surface area contributed by atoms with Crippen LogP contribution in [0, 0.1) is 11.2 Å². The molecule has 0 aromatic carbocycles.